The highest BCUT2D eigenvalue weighted by atomic mass is 15.2. The molecule has 2 aromatic rings. The summed E-state index contributed by atoms with van der Waals surface area (Å²) in [6.45, 7) is 0. The Morgan fingerprint density at radius 3 is 2.72 bits per heavy atom. The van der Waals surface area contributed by atoms with Crippen molar-refractivity contribution in [2.24, 2.45) is 0 Å². The number of allylic oxidation sites excluding steroid dienone is 1. The van der Waals surface area contributed by atoms with E-state index in [4.69, 9.17) is 10.5 Å². The number of hydrogen-bond acceptors (Lipinski definition) is 5. The second-order valence-electron chi connectivity index (χ2n) is 3.31. The third-order valence-electron chi connectivity index (χ3n) is 2.21. The molecule has 2 rings (SSSR count). The summed E-state index contributed by atoms with van der Waals surface area (Å²) in [5.41, 5.74) is 1.54. The summed E-state index contributed by atoms with van der Waals surface area (Å²) in [4.78, 5) is 4.06. The second kappa shape index (κ2) is 5.28. The lowest BCUT2D eigenvalue weighted by atomic mass is 10.1. The Bertz CT molecular complexity index is 626. The fourth-order valence-corrected chi connectivity index (χ4v) is 1.39. The zero-order valence-corrected chi connectivity index (χ0v) is 9.25. The van der Waals surface area contributed by atoms with Gasteiger partial charge in [-0.25, -0.2) is 4.98 Å². The van der Waals surface area contributed by atoms with Crippen LogP contribution >= 0.6 is 0 Å². The molecule has 0 atom stereocenters. The first-order valence-corrected chi connectivity index (χ1v) is 5.07. The number of anilines is 1. The van der Waals surface area contributed by atoms with Crippen LogP contribution in [0.3, 0.4) is 0 Å². The number of nitrogens with zero attached hydrogens (tertiary/aromatic N) is 4. The standard InChI is InChI=1S/C12H8N6/c13-5-9(6-14)7-15-11-4-2-1-3-10(11)12-16-8-17-18-12/h1-4,7-8,15H,(H,16,17,18). The van der Waals surface area contributed by atoms with Crippen molar-refractivity contribution in [1.29, 1.82) is 10.5 Å². The van der Waals surface area contributed by atoms with Crippen LogP contribution in [0.4, 0.5) is 5.69 Å². The summed E-state index contributed by atoms with van der Waals surface area (Å²) in [5.74, 6) is 0.613. The number of nitriles is 2. The second-order valence-corrected chi connectivity index (χ2v) is 3.31. The monoisotopic (exact) mass is 236 g/mol. The van der Waals surface area contributed by atoms with Gasteiger partial charge in [0.05, 0.1) is 0 Å². The molecule has 0 aliphatic rings. The van der Waals surface area contributed by atoms with Crippen LogP contribution < -0.4 is 5.32 Å². The van der Waals surface area contributed by atoms with Crippen molar-refractivity contribution in [3.8, 4) is 23.5 Å². The van der Waals surface area contributed by atoms with Gasteiger partial charge in [0.15, 0.2) is 5.82 Å². The highest BCUT2D eigenvalue weighted by molar-refractivity contribution is 5.74. The van der Waals surface area contributed by atoms with Gasteiger partial charge in [0.1, 0.15) is 24.0 Å². The van der Waals surface area contributed by atoms with Crippen LogP contribution in [-0.2, 0) is 0 Å². The molecule has 0 fully saturated rings. The summed E-state index contributed by atoms with van der Waals surface area (Å²) in [5, 5.41) is 26.7. The zero-order valence-electron chi connectivity index (χ0n) is 9.25. The average Bonchev–Trinajstić information content (AvgIpc) is 2.94. The molecule has 0 saturated carbocycles. The van der Waals surface area contributed by atoms with Crippen molar-refractivity contribution >= 4 is 5.69 Å². The van der Waals surface area contributed by atoms with Gasteiger partial charge in [-0.2, -0.15) is 15.6 Å². The maximum atomic E-state index is 8.65. The van der Waals surface area contributed by atoms with E-state index in [2.05, 4.69) is 20.5 Å². The van der Waals surface area contributed by atoms with E-state index in [-0.39, 0.29) is 5.57 Å². The van der Waals surface area contributed by atoms with E-state index in [0.29, 0.717) is 5.82 Å². The predicted molar refractivity (Wildman–Crippen MR) is 64.8 cm³/mol. The Labute approximate surface area is 103 Å². The minimum atomic E-state index is 0.00220. The van der Waals surface area contributed by atoms with E-state index in [9.17, 15) is 0 Å². The topological polar surface area (TPSA) is 101 Å². The minimum absolute atomic E-state index is 0.00220. The lowest BCUT2D eigenvalue weighted by Gasteiger charge is -2.05. The Morgan fingerprint density at radius 2 is 2.06 bits per heavy atom. The molecule has 86 valence electrons. The smallest absolute Gasteiger partial charge is 0.157 e. The molecule has 0 aliphatic carbocycles. The summed E-state index contributed by atoms with van der Waals surface area (Å²) in [6.07, 6.45) is 2.77. The van der Waals surface area contributed by atoms with Crippen molar-refractivity contribution in [3.05, 3.63) is 42.4 Å². The van der Waals surface area contributed by atoms with Gasteiger partial charge in [-0.05, 0) is 12.1 Å². The molecule has 1 heterocycles. The third kappa shape index (κ3) is 2.34. The molecule has 0 unspecified atom stereocenters. The number of hydrogen-bond donors (Lipinski definition) is 2. The van der Waals surface area contributed by atoms with Gasteiger partial charge in [-0.3, -0.25) is 5.10 Å². The van der Waals surface area contributed by atoms with Gasteiger partial charge < -0.3 is 5.32 Å². The third-order valence-corrected chi connectivity index (χ3v) is 2.21. The molecule has 0 spiro atoms. The summed E-state index contributed by atoms with van der Waals surface area (Å²) in [7, 11) is 0. The first-order chi connectivity index (χ1) is 8.85. The fraction of sp³-hybridized carbons (Fsp3) is 0. The number of aromatic amines is 1. The maximum Gasteiger partial charge on any atom is 0.157 e. The summed E-state index contributed by atoms with van der Waals surface area (Å²) < 4.78 is 0. The van der Waals surface area contributed by atoms with Gasteiger partial charge >= 0.3 is 0 Å². The molecule has 0 radical (unpaired) electrons. The van der Waals surface area contributed by atoms with E-state index >= 15 is 0 Å². The molecule has 0 saturated heterocycles. The van der Waals surface area contributed by atoms with E-state index in [1.54, 1.807) is 12.1 Å². The quantitative estimate of drug-likeness (QED) is 0.791. The molecule has 0 aliphatic heterocycles. The molecule has 18 heavy (non-hydrogen) atoms. The molecular formula is C12H8N6. The van der Waals surface area contributed by atoms with E-state index < -0.39 is 0 Å². The highest BCUT2D eigenvalue weighted by Crippen LogP contribution is 2.24. The first kappa shape index (κ1) is 11.4. The predicted octanol–water partition coefficient (Wildman–Crippen LogP) is 1.81. The van der Waals surface area contributed by atoms with Crippen molar-refractivity contribution < 1.29 is 0 Å². The molecule has 6 heteroatoms. The lowest BCUT2D eigenvalue weighted by molar-refractivity contribution is 1.10. The fourth-order valence-electron chi connectivity index (χ4n) is 1.39. The normalized spacial score (nSPS) is 9.00. The Hall–Kier alpha value is -3.12. The highest BCUT2D eigenvalue weighted by Gasteiger charge is 2.05. The summed E-state index contributed by atoms with van der Waals surface area (Å²) in [6, 6.07) is 10.9. The molecule has 2 N–H and O–H groups in total. The lowest BCUT2D eigenvalue weighted by Crippen LogP contribution is -1.93. The molecule has 6 nitrogen and oxygen atoms in total. The van der Waals surface area contributed by atoms with Crippen LogP contribution in [0.2, 0.25) is 0 Å². The van der Waals surface area contributed by atoms with Gasteiger partial charge in [0, 0.05) is 17.5 Å². The average molecular weight is 236 g/mol. The van der Waals surface area contributed by atoms with Gasteiger partial charge in [-0.15, -0.1) is 0 Å². The minimum Gasteiger partial charge on any atom is -0.359 e. The van der Waals surface area contributed by atoms with Crippen molar-refractivity contribution in [1.82, 2.24) is 15.2 Å². The van der Waals surface area contributed by atoms with Crippen LogP contribution in [0.15, 0.2) is 42.4 Å². The number of H-pyrrole nitrogens is 1. The van der Waals surface area contributed by atoms with Gasteiger partial charge in [0.25, 0.3) is 0 Å². The SMILES string of the molecule is N#CC(C#N)=CNc1ccccc1-c1ncn[nH]1. The van der Waals surface area contributed by atoms with Crippen LogP contribution in [0.1, 0.15) is 0 Å². The Morgan fingerprint density at radius 1 is 1.28 bits per heavy atom. The molecule has 0 amide bonds. The van der Waals surface area contributed by atoms with Crippen molar-refractivity contribution in [3.63, 3.8) is 0 Å². The Kier molecular flexibility index (Phi) is 3.34. The van der Waals surface area contributed by atoms with Crippen LogP contribution in [0.25, 0.3) is 11.4 Å². The molecule has 1 aromatic carbocycles. The zero-order chi connectivity index (χ0) is 12.8. The van der Waals surface area contributed by atoms with Crippen LogP contribution in [-0.4, -0.2) is 15.2 Å². The van der Waals surface area contributed by atoms with Gasteiger partial charge in [0.2, 0.25) is 0 Å². The number of para-hydroxylation sites is 1. The van der Waals surface area contributed by atoms with Gasteiger partial charge in [-0.1, -0.05) is 12.1 Å². The molecular weight excluding hydrogens is 228 g/mol. The van der Waals surface area contributed by atoms with Crippen LogP contribution in [0.5, 0.6) is 0 Å². The number of benzene rings is 1. The Balaban J connectivity index is 2.33. The van der Waals surface area contributed by atoms with E-state index in [0.717, 1.165) is 11.3 Å². The first-order valence-electron chi connectivity index (χ1n) is 5.07. The summed E-state index contributed by atoms with van der Waals surface area (Å²) >= 11 is 0. The van der Waals surface area contributed by atoms with Crippen molar-refractivity contribution in [2.75, 3.05) is 5.32 Å². The maximum absolute atomic E-state index is 8.65. The van der Waals surface area contributed by atoms with E-state index in [1.165, 1.54) is 12.5 Å². The van der Waals surface area contributed by atoms with Crippen molar-refractivity contribution in [2.45, 2.75) is 0 Å². The number of aromatic nitrogens is 3. The van der Waals surface area contributed by atoms with Crippen LogP contribution in [0, 0.1) is 22.7 Å². The number of nitrogens with one attached hydrogen (secondary N) is 2. The van der Waals surface area contributed by atoms with E-state index in [1.807, 2.05) is 24.3 Å². The molecule has 0 bridgehead atoms. The number of rotatable bonds is 3. The largest absolute Gasteiger partial charge is 0.359 e. The molecule has 1 aromatic heterocycles.